The van der Waals surface area contributed by atoms with Crippen molar-refractivity contribution in [3.05, 3.63) is 24.3 Å². The summed E-state index contributed by atoms with van der Waals surface area (Å²) in [6.07, 6.45) is -7.39. The lowest BCUT2D eigenvalue weighted by Crippen LogP contribution is -2.23. The number of nitrogens with one attached hydrogen (secondary N) is 1. The number of halogens is 5. The van der Waals surface area contributed by atoms with E-state index in [2.05, 4.69) is 15.0 Å². The monoisotopic (exact) mass is 283 g/mol. The van der Waals surface area contributed by atoms with Crippen molar-refractivity contribution in [3.8, 4) is 5.75 Å². The molecular weight excluding hydrogens is 273 g/mol. The molecule has 19 heavy (non-hydrogen) atoms. The third-order valence-corrected chi connectivity index (χ3v) is 1.76. The first kappa shape index (κ1) is 15.0. The minimum absolute atomic E-state index is 0.259. The van der Waals surface area contributed by atoms with E-state index >= 15 is 0 Å². The summed E-state index contributed by atoms with van der Waals surface area (Å²) in [5, 5.41) is 2.44. The second-order valence-electron chi connectivity index (χ2n) is 3.31. The highest BCUT2D eigenvalue weighted by Crippen LogP contribution is 2.23. The minimum Gasteiger partial charge on any atom is -0.406 e. The number of anilines is 1. The highest BCUT2D eigenvalue weighted by Gasteiger charge is 2.30. The molecule has 9 heteroatoms. The van der Waals surface area contributed by atoms with Crippen LogP contribution in [0.5, 0.6) is 5.75 Å². The number of alkyl halides is 5. The molecule has 0 spiro atoms. The zero-order chi connectivity index (χ0) is 14.5. The van der Waals surface area contributed by atoms with E-state index in [1.165, 1.54) is 12.1 Å². The van der Waals surface area contributed by atoms with E-state index in [0.717, 1.165) is 12.1 Å². The van der Waals surface area contributed by atoms with Crippen molar-refractivity contribution in [2.24, 2.45) is 10.7 Å². The SMILES string of the molecule is NC(=NCC(F)F)Nc1ccc(OC(F)(F)F)cc1. The van der Waals surface area contributed by atoms with Crippen LogP contribution in [-0.4, -0.2) is 25.3 Å². The molecule has 3 N–H and O–H groups in total. The summed E-state index contributed by atoms with van der Waals surface area (Å²) in [6.45, 7) is -0.756. The summed E-state index contributed by atoms with van der Waals surface area (Å²) in [7, 11) is 0. The Labute approximate surface area is 105 Å². The topological polar surface area (TPSA) is 59.6 Å². The molecule has 0 fully saturated rings. The number of guanidine groups is 1. The van der Waals surface area contributed by atoms with Crippen LogP contribution in [0.15, 0.2) is 29.3 Å². The first-order valence-electron chi connectivity index (χ1n) is 4.97. The second-order valence-corrected chi connectivity index (χ2v) is 3.31. The van der Waals surface area contributed by atoms with Crippen molar-refractivity contribution >= 4 is 11.6 Å². The number of aliphatic imine (C=N–C) groups is 1. The summed E-state index contributed by atoms with van der Waals surface area (Å²) < 4.78 is 63.0. The average molecular weight is 283 g/mol. The van der Waals surface area contributed by atoms with Gasteiger partial charge in [-0.15, -0.1) is 13.2 Å². The van der Waals surface area contributed by atoms with Crippen molar-refractivity contribution in [3.63, 3.8) is 0 Å². The molecular formula is C10H10F5N3O. The maximum absolute atomic E-state index is 11.9. The van der Waals surface area contributed by atoms with Gasteiger partial charge in [-0.05, 0) is 24.3 Å². The first-order valence-corrected chi connectivity index (χ1v) is 4.97. The van der Waals surface area contributed by atoms with E-state index in [9.17, 15) is 22.0 Å². The van der Waals surface area contributed by atoms with Crippen molar-refractivity contribution in [2.75, 3.05) is 11.9 Å². The Morgan fingerprint density at radius 3 is 2.32 bits per heavy atom. The summed E-state index contributed by atoms with van der Waals surface area (Å²) in [4.78, 5) is 3.32. The fourth-order valence-corrected chi connectivity index (χ4v) is 1.09. The lowest BCUT2D eigenvalue weighted by atomic mass is 10.3. The van der Waals surface area contributed by atoms with Gasteiger partial charge in [-0.2, -0.15) is 0 Å². The highest BCUT2D eigenvalue weighted by molar-refractivity contribution is 5.92. The van der Waals surface area contributed by atoms with E-state index in [0.29, 0.717) is 5.69 Å². The second kappa shape index (κ2) is 6.21. The van der Waals surface area contributed by atoms with E-state index in [1.807, 2.05) is 0 Å². The normalized spacial score (nSPS) is 12.6. The number of nitrogens with zero attached hydrogens (tertiary/aromatic N) is 1. The standard InChI is InChI=1S/C10H10F5N3O/c11-8(12)5-17-9(16)18-6-1-3-7(4-2-6)19-10(13,14)15/h1-4,8H,5H2,(H3,16,17,18). The Morgan fingerprint density at radius 2 is 1.84 bits per heavy atom. The average Bonchev–Trinajstić information content (AvgIpc) is 2.27. The molecule has 0 unspecified atom stereocenters. The van der Waals surface area contributed by atoms with Crippen molar-refractivity contribution < 1.29 is 26.7 Å². The van der Waals surface area contributed by atoms with Gasteiger partial charge in [0.2, 0.25) is 0 Å². The van der Waals surface area contributed by atoms with Crippen LogP contribution in [0.4, 0.5) is 27.6 Å². The number of hydrogen-bond donors (Lipinski definition) is 2. The zero-order valence-corrected chi connectivity index (χ0v) is 9.42. The molecule has 106 valence electrons. The number of ether oxygens (including phenoxy) is 1. The van der Waals surface area contributed by atoms with Crippen molar-refractivity contribution in [1.82, 2.24) is 0 Å². The van der Waals surface area contributed by atoms with Gasteiger partial charge in [0.25, 0.3) is 6.43 Å². The summed E-state index contributed by atoms with van der Waals surface area (Å²) in [5.41, 5.74) is 5.58. The van der Waals surface area contributed by atoms with Crippen LogP contribution in [0.3, 0.4) is 0 Å². The lowest BCUT2D eigenvalue weighted by Gasteiger charge is -2.10. The molecule has 1 rings (SSSR count). The van der Waals surface area contributed by atoms with Crippen LogP contribution in [0, 0.1) is 0 Å². The maximum atomic E-state index is 11.9. The van der Waals surface area contributed by atoms with Crippen LogP contribution in [0.2, 0.25) is 0 Å². The molecule has 0 saturated carbocycles. The lowest BCUT2D eigenvalue weighted by molar-refractivity contribution is -0.274. The van der Waals surface area contributed by atoms with Gasteiger partial charge in [-0.3, -0.25) is 0 Å². The number of hydrogen-bond acceptors (Lipinski definition) is 2. The van der Waals surface area contributed by atoms with Gasteiger partial charge in [-0.1, -0.05) is 0 Å². The minimum atomic E-state index is -4.77. The predicted octanol–water partition coefficient (Wildman–Crippen LogP) is 2.58. The van der Waals surface area contributed by atoms with Gasteiger partial charge in [0.05, 0.1) is 0 Å². The summed E-state index contributed by atoms with van der Waals surface area (Å²) >= 11 is 0. The largest absolute Gasteiger partial charge is 0.573 e. The molecule has 0 amide bonds. The smallest absolute Gasteiger partial charge is 0.406 e. The molecule has 0 bridgehead atoms. The predicted molar refractivity (Wildman–Crippen MR) is 59.2 cm³/mol. The Bertz CT molecular complexity index is 430. The van der Waals surface area contributed by atoms with Gasteiger partial charge < -0.3 is 15.8 Å². The number of nitrogens with two attached hydrogens (primary N) is 1. The van der Waals surface area contributed by atoms with Crippen LogP contribution in [0.25, 0.3) is 0 Å². The molecule has 0 radical (unpaired) electrons. The summed E-state index contributed by atoms with van der Waals surface area (Å²) in [5.74, 6) is -0.661. The van der Waals surface area contributed by atoms with E-state index in [-0.39, 0.29) is 5.96 Å². The quantitative estimate of drug-likeness (QED) is 0.507. The van der Waals surface area contributed by atoms with E-state index in [4.69, 9.17) is 5.73 Å². The zero-order valence-electron chi connectivity index (χ0n) is 9.42. The molecule has 0 aromatic heterocycles. The Kier molecular flexibility index (Phi) is 4.90. The Balaban J connectivity index is 2.59. The fraction of sp³-hybridized carbons (Fsp3) is 0.300. The highest BCUT2D eigenvalue weighted by atomic mass is 19.4. The van der Waals surface area contributed by atoms with E-state index < -0.39 is 25.1 Å². The van der Waals surface area contributed by atoms with Crippen LogP contribution >= 0.6 is 0 Å². The Hall–Kier alpha value is -2.06. The number of benzene rings is 1. The first-order chi connectivity index (χ1) is 8.76. The van der Waals surface area contributed by atoms with Gasteiger partial charge in [0.1, 0.15) is 12.3 Å². The molecule has 0 heterocycles. The van der Waals surface area contributed by atoms with Crippen LogP contribution < -0.4 is 15.8 Å². The molecule has 0 saturated heterocycles. The van der Waals surface area contributed by atoms with Gasteiger partial charge in [0.15, 0.2) is 5.96 Å². The number of rotatable bonds is 4. The third kappa shape index (κ3) is 6.43. The fourth-order valence-electron chi connectivity index (χ4n) is 1.09. The third-order valence-electron chi connectivity index (χ3n) is 1.76. The molecule has 1 aromatic rings. The molecule has 1 aromatic carbocycles. The maximum Gasteiger partial charge on any atom is 0.573 e. The van der Waals surface area contributed by atoms with Gasteiger partial charge >= 0.3 is 6.36 Å². The Morgan fingerprint density at radius 1 is 1.26 bits per heavy atom. The molecule has 0 atom stereocenters. The van der Waals surface area contributed by atoms with Gasteiger partial charge in [-0.25, -0.2) is 13.8 Å². The van der Waals surface area contributed by atoms with Gasteiger partial charge in [0, 0.05) is 5.69 Å². The van der Waals surface area contributed by atoms with Crippen molar-refractivity contribution in [2.45, 2.75) is 12.8 Å². The van der Waals surface area contributed by atoms with Crippen LogP contribution in [0.1, 0.15) is 0 Å². The van der Waals surface area contributed by atoms with Crippen LogP contribution in [-0.2, 0) is 0 Å². The van der Waals surface area contributed by atoms with E-state index in [1.54, 1.807) is 0 Å². The summed E-state index contributed by atoms with van der Waals surface area (Å²) in [6, 6.07) is 4.59. The molecule has 0 aliphatic rings. The molecule has 0 aliphatic carbocycles. The molecule has 0 aliphatic heterocycles. The van der Waals surface area contributed by atoms with Crippen molar-refractivity contribution in [1.29, 1.82) is 0 Å². The molecule has 4 nitrogen and oxygen atoms in total.